The van der Waals surface area contributed by atoms with E-state index in [1.54, 1.807) is 32.7 Å². The minimum absolute atomic E-state index is 0.0444. The average Bonchev–Trinajstić information content (AvgIpc) is 3.29. The first-order chi connectivity index (χ1) is 16.7. The molecule has 1 amide bonds. The van der Waals surface area contributed by atoms with Crippen molar-refractivity contribution in [1.82, 2.24) is 4.98 Å². The molecule has 0 aliphatic carbocycles. The number of thiazole rings is 1. The van der Waals surface area contributed by atoms with Gasteiger partial charge in [0, 0.05) is 25.0 Å². The predicted molar refractivity (Wildman–Crippen MR) is 138 cm³/mol. The van der Waals surface area contributed by atoms with Crippen molar-refractivity contribution in [2.75, 3.05) is 28.1 Å². The number of hydrogen-bond donors (Lipinski definition) is 1. The summed E-state index contributed by atoms with van der Waals surface area (Å²) in [5.41, 5.74) is 1.26. The summed E-state index contributed by atoms with van der Waals surface area (Å²) < 4.78 is 61.5. The number of ether oxygens (including phenoxy) is 1. The van der Waals surface area contributed by atoms with Gasteiger partial charge in [0.15, 0.2) is 5.82 Å². The zero-order valence-electron chi connectivity index (χ0n) is 20.2. The highest BCUT2D eigenvalue weighted by atomic mass is 35.5. The van der Waals surface area contributed by atoms with E-state index in [4.69, 9.17) is 16.3 Å². The second-order valence-corrected chi connectivity index (χ2v) is 11.5. The molecule has 8 nitrogen and oxygen atoms in total. The maximum atomic E-state index is 15.3. The number of nitrogens with zero attached hydrogens (tertiary/aromatic N) is 3. The molecule has 0 saturated heterocycles. The molecular weight excluding hydrogens is 534 g/mol. The summed E-state index contributed by atoms with van der Waals surface area (Å²) in [6.07, 6.45) is -1.25. The molecule has 194 valence electrons. The van der Waals surface area contributed by atoms with Crippen LogP contribution in [0.1, 0.15) is 27.7 Å². The van der Waals surface area contributed by atoms with Gasteiger partial charge in [-0.2, -0.15) is 0 Å². The van der Waals surface area contributed by atoms with E-state index in [0.29, 0.717) is 22.2 Å². The summed E-state index contributed by atoms with van der Waals surface area (Å²) in [7, 11) is -3.06. The first kappa shape index (κ1) is 27.6. The fourth-order valence-electron chi connectivity index (χ4n) is 3.09. The molecule has 0 fully saturated rings. The molecule has 1 heterocycles. The quantitative estimate of drug-likeness (QED) is 0.358. The SMILES string of the molecule is CCN(C)c1cc(F)ccc1Nc1cc(F)c(S(=O)(=O)N(C(=O)OC(C)(C)C)c2cscn2)cc1Cl. The zero-order chi connectivity index (χ0) is 26.8. The van der Waals surface area contributed by atoms with Crippen LogP contribution in [0.25, 0.3) is 0 Å². The Bertz CT molecular complexity index is 1360. The van der Waals surface area contributed by atoms with Crippen LogP contribution in [0.5, 0.6) is 0 Å². The van der Waals surface area contributed by atoms with E-state index in [1.807, 2.05) is 6.92 Å². The number of carbonyl (C=O) groups excluding carboxylic acids is 1. The molecule has 1 aromatic heterocycles. The number of sulfonamides is 1. The third-order valence-corrected chi connectivity index (χ3v) is 7.41. The molecule has 3 aromatic rings. The predicted octanol–water partition coefficient (Wildman–Crippen LogP) is 6.40. The Morgan fingerprint density at radius 3 is 2.47 bits per heavy atom. The fraction of sp³-hybridized carbons (Fsp3) is 0.304. The van der Waals surface area contributed by atoms with Gasteiger partial charge in [-0.3, -0.25) is 0 Å². The number of rotatable bonds is 7. The number of carbonyl (C=O) groups is 1. The minimum Gasteiger partial charge on any atom is -0.443 e. The van der Waals surface area contributed by atoms with Gasteiger partial charge >= 0.3 is 6.09 Å². The highest BCUT2D eigenvalue weighted by Crippen LogP contribution is 2.36. The highest BCUT2D eigenvalue weighted by Gasteiger charge is 2.38. The van der Waals surface area contributed by atoms with Crippen molar-refractivity contribution < 1.29 is 26.7 Å². The van der Waals surface area contributed by atoms with E-state index in [0.717, 1.165) is 23.5 Å². The van der Waals surface area contributed by atoms with Crippen molar-refractivity contribution in [1.29, 1.82) is 0 Å². The normalized spacial score (nSPS) is 11.8. The van der Waals surface area contributed by atoms with Crippen LogP contribution >= 0.6 is 22.9 Å². The Morgan fingerprint density at radius 2 is 1.89 bits per heavy atom. The molecule has 0 aliphatic rings. The van der Waals surface area contributed by atoms with Gasteiger partial charge in [0.25, 0.3) is 10.0 Å². The van der Waals surface area contributed by atoms with Gasteiger partial charge in [-0.05, 0) is 52.0 Å². The van der Waals surface area contributed by atoms with E-state index < -0.39 is 38.2 Å². The standard InChI is InChI=1S/C23H25ClF2N4O4S2/c1-6-29(5)19-9-14(25)7-8-17(19)28-18-11-16(26)20(10-15(18)24)36(32,33)30(21-12-35-13-27-21)22(31)34-23(2,3)4/h7-13,28H,6H2,1-5H3. The second kappa shape index (κ2) is 10.6. The maximum Gasteiger partial charge on any atom is 0.430 e. The van der Waals surface area contributed by atoms with Gasteiger partial charge in [-0.15, -0.1) is 15.6 Å². The third-order valence-electron chi connectivity index (χ3n) is 4.84. The second-order valence-electron chi connectivity index (χ2n) is 8.66. The summed E-state index contributed by atoms with van der Waals surface area (Å²) in [4.78, 5) is 17.6. The summed E-state index contributed by atoms with van der Waals surface area (Å²) in [6, 6.07) is 5.78. The van der Waals surface area contributed by atoms with Crippen molar-refractivity contribution >= 4 is 61.9 Å². The van der Waals surface area contributed by atoms with Crippen LogP contribution in [-0.2, 0) is 14.8 Å². The first-order valence-electron chi connectivity index (χ1n) is 10.7. The number of benzene rings is 2. The van der Waals surface area contributed by atoms with Crippen molar-refractivity contribution in [3.63, 3.8) is 0 Å². The molecule has 1 N–H and O–H groups in total. The van der Waals surface area contributed by atoms with Crippen LogP contribution in [0.15, 0.2) is 46.1 Å². The molecule has 0 atom stereocenters. The molecular formula is C23H25ClF2N4O4S2. The lowest BCUT2D eigenvalue weighted by molar-refractivity contribution is 0.0608. The fourth-order valence-corrected chi connectivity index (χ4v) is 5.30. The summed E-state index contributed by atoms with van der Waals surface area (Å²) in [5.74, 6) is -1.87. The van der Waals surface area contributed by atoms with Crippen LogP contribution in [0.3, 0.4) is 0 Å². The molecule has 2 aromatic carbocycles. The van der Waals surface area contributed by atoms with E-state index in [2.05, 4.69) is 10.3 Å². The molecule has 3 rings (SSSR count). The van der Waals surface area contributed by atoms with Crippen LogP contribution in [-0.4, -0.2) is 38.7 Å². The van der Waals surface area contributed by atoms with E-state index in [9.17, 15) is 17.6 Å². The van der Waals surface area contributed by atoms with Gasteiger partial charge in [0.1, 0.15) is 22.1 Å². The van der Waals surface area contributed by atoms with Gasteiger partial charge < -0.3 is 15.0 Å². The Kier molecular flexibility index (Phi) is 8.11. The molecule has 0 aliphatic heterocycles. The Hall–Kier alpha value is -2.96. The summed E-state index contributed by atoms with van der Waals surface area (Å²) in [5, 5.41) is 4.09. The Morgan fingerprint density at radius 1 is 1.19 bits per heavy atom. The molecule has 0 spiro atoms. The third kappa shape index (κ3) is 6.05. The maximum absolute atomic E-state index is 15.3. The lowest BCUT2D eigenvalue weighted by atomic mass is 10.2. The van der Waals surface area contributed by atoms with Gasteiger partial charge in [-0.25, -0.2) is 27.0 Å². The van der Waals surface area contributed by atoms with Crippen molar-refractivity contribution in [3.05, 3.63) is 57.9 Å². The number of halogens is 3. The van der Waals surface area contributed by atoms with Crippen LogP contribution in [0.4, 0.5) is 36.5 Å². The largest absolute Gasteiger partial charge is 0.443 e. The van der Waals surface area contributed by atoms with E-state index in [1.165, 1.54) is 29.1 Å². The van der Waals surface area contributed by atoms with E-state index in [-0.39, 0.29) is 16.5 Å². The summed E-state index contributed by atoms with van der Waals surface area (Å²) in [6.45, 7) is 7.13. The topological polar surface area (TPSA) is 91.8 Å². The van der Waals surface area contributed by atoms with Crippen LogP contribution < -0.4 is 14.5 Å². The van der Waals surface area contributed by atoms with Gasteiger partial charge in [0.05, 0.1) is 27.6 Å². The number of nitrogens with one attached hydrogen (secondary N) is 1. The monoisotopic (exact) mass is 558 g/mol. The lowest BCUT2D eigenvalue weighted by Gasteiger charge is -2.26. The molecule has 0 unspecified atom stereocenters. The Balaban J connectivity index is 2.05. The molecule has 0 saturated carbocycles. The lowest BCUT2D eigenvalue weighted by Crippen LogP contribution is -2.41. The number of aromatic nitrogens is 1. The smallest absolute Gasteiger partial charge is 0.430 e. The first-order valence-corrected chi connectivity index (χ1v) is 13.4. The van der Waals surface area contributed by atoms with Crippen molar-refractivity contribution in [3.8, 4) is 0 Å². The number of anilines is 4. The molecule has 36 heavy (non-hydrogen) atoms. The number of amides is 1. The van der Waals surface area contributed by atoms with Crippen molar-refractivity contribution in [2.45, 2.75) is 38.2 Å². The summed E-state index contributed by atoms with van der Waals surface area (Å²) >= 11 is 7.39. The van der Waals surface area contributed by atoms with E-state index >= 15 is 4.39 Å². The van der Waals surface area contributed by atoms with Crippen LogP contribution in [0, 0.1) is 11.6 Å². The highest BCUT2D eigenvalue weighted by molar-refractivity contribution is 7.93. The molecule has 0 bridgehead atoms. The van der Waals surface area contributed by atoms with Crippen LogP contribution in [0.2, 0.25) is 5.02 Å². The van der Waals surface area contributed by atoms with Gasteiger partial charge in [0.2, 0.25) is 0 Å². The molecule has 0 radical (unpaired) electrons. The average molecular weight is 559 g/mol. The van der Waals surface area contributed by atoms with Crippen molar-refractivity contribution in [2.24, 2.45) is 0 Å². The Labute approximate surface area is 217 Å². The number of hydrogen-bond acceptors (Lipinski definition) is 8. The molecule has 13 heteroatoms. The minimum atomic E-state index is -4.81. The zero-order valence-corrected chi connectivity index (χ0v) is 22.6. The van der Waals surface area contributed by atoms with Gasteiger partial charge in [-0.1, -0.05) is 11.6 Å².